The SMILES string of the molecule is COC(=O)N1CCN(C(NC(C)=O)c2cccc(NC(=O)Nc3ccc(S(=O)(=O)NCc4ccc(S(N)(=O)=O)cc4)cc3)c2)CC1. The summed E-state index contributed by atoms with van der Waals surface area (Å²) >= 11 is 0. The van der Waals surface area contributed by atoms with E-state index in [2.05, 4.69) is 20.7 Å². The summed E-state index contributed by atoms with van der Waals surface area (Å²) in [7, 11) is -6.44. The molecule has 1 unspecified atom stereocenters. The van der Waals surface area contributed by atoms with Crippen LogP contribution in [0.15, 0.2) is 82.6 Å². The van der Waals surface area contributed by atoms with Gasteiger partial charge in [0.1, 0.15) is 6.17 Å². The quantitative estimate of drug-likeness (QED) is 0.213. The predicted octanol–water partition coefficient (Wildman–Crippen LogP) is 1.98. The molecule has 246 valence electrons. The molecule has 15 nitrogen and oxygen atoms in total. The molecule has 0 bridgehead atoms. The van der Waals surface area contributed by atoms with Crippen LogP contribution in [-0.4, -0.2) is 78.0 Å². The number of ether oxygens (including phenoxy) is 1. The Morgan fingerprint density at radius 1 is 0.848 bits per heavy atom. The lowest BCUT2D eigenvalue weighted by Gasteiger charge is -2.39. The minimum Gasteiger partial charge on any atom is -0.453 e. The molecule has 1 aliphatic rings. The van der Waals surface area contributed by atoms with E-state index in [0.29, 0.717) is 43.1 Å². The van der Waals surface area contributed by atoms with E-state index in [9.17, 15) is 31.2 Å². The highest BCUT2D eigenvalue weighted by Crippen LogP contribution is 2.24. The van der Waals surface area contributed by atoms with Crippen molar-refractivity contribution in [1.82, 2.24) is 19.8 Å². The van der Waals surface area contributed by atoms with Crippen molar-refractivity contribution in [2.45, 2.75) is 29.4 Å². The molecule has 0 aliphatic carbocycles. The molecule has 17 heteroatoms. The Balaban J connectivity index is 1.35. The highest BCUT2D eigenvalue weighted by molar-refractivity contribution is 7.89. The third-order valence-corrected chi connectivity index (χ3v) is 9.40. The molecular weight excluding hydrogens is 638 g/mol. The third-order valence-electron chi connectivity index (χ3n) is 7.05. The van der Waals surface area contributed by atoms with Gasteiger partial charge >= 0.3 is 12.1 Å². The van der Waals surface area contributed by atoms with E-state index in [1.807, 2.05) is 11.0 Å². The van der Waals surface area contributed by atoms with Crippen LogP contribution in [0.5, 0.6) is 0 Å². The average Bonchev–Trinajstić information content (AvgIpc) is 3.02. The van der Waals surface area contributed by atoms with Gasteiger partial charge in [-0.2, -0.15) is 0 Å². The summed E-state index contributed by atoms with van der Waals surface area (Å²) < 4.78 is 55.5. The summed E-state index contributed by atoms with van der Waals surface area (Å²) in [5.74, 6) is -0.240. The molecule has 0 spiro atoms. The summed E-state index contributed by atoms with van der Waals surface area (Å²) in [5.41, 5.74) is 2.05. The molecular formula is C29H35N7O8S2. The zero-order valence-corrected chi connectivity index (χ0v) is 26.7. The lowest BCUT2D eigenvalue weighted by atomic mass is 10.1. The van der Waals surface area contributed by atoms with Crippen LogP contribution in [0.25, 0.3) is 0 Å². The second-order valence-corrected chi connectivity index (χ2v) is 13.7. The van der Waals surface area contributed by atoms with Crippen molar-refractivity contribution in [3.05, 3.63) is 83.9 Å². The number of piperazine rings is 1. The molecule has 46 heavy (non-hydrogen) atoms. The first-order chi connectivity index (χ1) is 21.7. The molecule has 0 aromatic heterocycles. The van der Waals surface area contributed by atoms with E-state index in [1.54, 1.807) is 23.1 Å². The number of methoxy groups -OCH3 is 1. The van der Waals surface area contributed by atoms with Crippen LogP contribution in [0, 0.1) is 0 Å². The number of sulfonamides is 2. The second kappa shape index (κ2) is 14.7. The maximum Gasteiger partial charge on any atom is 0.409 e. The van der Waals surface area contributed by atoms with Crippen molar-refractivity contribution in [2.24, 2.45) is 5.14 Å². The second-order valence-electron chi connectivity index (χ2n) is 10.3. The summed E-state index contributed by atoms with van der Waals surface area (Å²) in [5, 5.41) is 13.4. The van der Waals surface area contributed by atoms with Gasteiger partial charge in [-0.05, 0) is 59.7 Å². The first-order valence-electron chi connectivity index (χ1n) is 14.0. The van der Waals surface area contributed by atoms with Crippen molar-refractivity contribution in [1.29, 1.82) is 0 Å². The number of hydrogen-bond acceptors (Lipinski definition) is 9. The number of primary sulfonamides is 1. The number of hydrogen-bond donors (Lipinski definition) is 5. The van der Waals surface area contributed by atoms with Gasteiger partial charge in [-0.3, -0.25) is 9.69 Å². The molecule has 6 N–H and O–H groups in total. The van der Waals surface area contributed by atoms with E-state index in [0.717, 1.165) is 5.56 Å². The number of nitrogens with two attached hydrogens (primary N) is 1. The smallest absolute Gasteiger partial charge is 0.409 e. The van der Waals surface area contributed by atoms with Crippen molar-refractivity contribution in [3.63, 3.8) is 0 Å². The number of rotatable bonds is 10. The molecule has 0 radical (unpaired) electrons. The fourth-order valence-corrected chi connectivity index (χ4v) is 6.26. The van der Waals surface area contributed by atoms with Gasteiger partial charge < -0.3 is 25.6 Å². The topological polar surface area (TPSA) is 209 Å². The highest BCUT2D eigenvalue weighted by atomic mass is 32.2. The van der Waals surface area contributed by atoms with Gasteiger partial charge in [0.05, 0.1) is 16.9 Å². The maximum atomic E-state index is 12.8. The van der Waals surface area contributed by atoms with Crippen LogP contribution in [-0.2, 0) is 36.1 Å². The Kier molecular flexibility index (Phi) is 11.0. The van der Waals surface area contributed by atoms with Crippen LogP contribution in [0.1, 0.15) is 24.2 Å². The van der Waals surface area contributed by atoms with E-state index in [4.69, 9.17) is 9.88 Å². The number of carbonyl (C=O) groups excluding carboxylic acids is 3. The van der Waals surface area contributed by atoms with Gasteiger partial charge in [0.25, 0.3) is 0 Å². The molecule has 1 aliphatic heterocycles. The molecule has 1 saturated heterocycles. The number of anilines is 2. The highest BCUT2D eigenvalue weighted by Gasteiger charge is 2.28. The number of amides is 4. The minimum absolute atomic E-state index is 0.0382. The average molecular weight is 674 g/mol. The molecule has 3 aromatic rings. The fraction of sp³-hybridized carbons (Fsp3) is 0.276. The summed E-state index contributed by atoms with van der Waals surface area (Å²) in [4.78, 5) is 40.1. The minimum atomic E-state index is -3.91. The number of nitrogens with zero attached hydrogens (tertiary/aromatic N) is 2. The molecule has 1 atom stereocenters. The molecule has 3 aromatic carbocycles. The summed E-state index contributed by atoms with van der Waals surface area (Å²) in [6.45, 7) is 3.17. The van der Waals surface area contributed by atoms with Crippen LogP contribution in [0.2, 0.25) is 0 Å². The van der Waals surface area contributed by atoms with E-state index >= 15 is 0 Å². The zero-order chi connectivity index (χ0) is 33.5. The standard InChI is InChI=1S/C29H35N7O8S2/c1-20(37)32-27(35-14-16-36(17-15-35)29(39)44-2)22-4-3-5-24(18-22)34-28(38)33-23-8-12-26(13-9-23)46(42,43)31-19-21-6-10-25(11-7-21)45(30,40)41/h3-13,18,27,31H,14-17,19H2,1-2H3,(H,32,37)(H2,30,40,41)(H2,33,34,38). The lowest BCUT2D eigenvalue weighted by molar-refractivity contribution is -0.121. The van der Waals surface area contributed by atoms with Gasteiger partial charge in [0.15, 0.2) is 0 Å². The van der Waals surface area contributed by atoms with Crippen molar-refractivity contribution in [2.75, 3.05) is 43.9 Å². The van der Waals surface area contributed by atoms with Crippen LogP contribution in [0.4, 0.5) is 21.0 Å². The number of nitrogens with one attached hydrogen (secondary N) is 4. The van der Waals surface area contributed by atoms with Gasteiger partial charge in [0, 0.05) is 51.0 Å². The van der Waals surface area contributed by atoms with E-state index < -0.39 is 38.3 Å². The van der Waals surface area contributed by atoms with Crippen LogP contribution < -0.4 is 25.8 Å². The van der Waals surface area contributed by atoms with Crippen molar-refractivity contribution >= 4 is 49.5 Å². The fourth-order valence-electron chi connectivity index (χ4n) is 4.73. The molecule has 4 amide bonds. The van der Waals surface area contributed by atoms with Gasteiger partial charge in [-0.15, -0.1) is 0 Å². The van der Waals surface area contributed by atoms with Crippen molar-refractivity contribution in [3.8, 4) is 0 Å². The first-order valence-corrected chi connectivity index (χ1v) is 17.0. The van der Waals surface area contributed by atoms with Crippen LogP contribution in [0.3, 0.4) is 0 Å². The van der Waals surface area contributed by atoms with Gasteiger partial charge in [0.2, 0.25) is 26.0 Å². The van der Waals surface area contributed by atoms with E-state index in [-0.39, 0.29) is 22.2 Å². The maximum absolute atomic E-state index is 12.8. The monoisotopic (exact) mass is 673 g/mol. The Hall–Kier alpha value is -4.55. The Bertz CT molecular complexity index is 1780. The number of urea groups is 1. The Labute approximate surface area is 267 Å². The van der Waals surface area contributed by atoms with Gasteiger partial charge in [-0.1, -0.05) is 24.3 Å². The van der Waals surface area contributed by atoms with Gasteiger partial charge in [-0.25, -0.2) is 36.3 Å². The zero-order valence-electron chi connectivity index (χ0n) is 25.1. The molecule has 0 saturated carbocycles. The predicted molar refractivity (Wildman–Crippen MR) is 169 cm³/mol. The molecule has 1 fully saturated rings. The number of benzene rings is 3. The van der Waals surface area contributed by atoms with Crippen molar-refractivity contribution < 1.29 is 36.0 Å². The molecule has 1 heterocycles. The Morgan fingerprint density at radius 2 is 1.46 bits per heavy atom. The lowest BCUT2D eigenvalue weighted by Crippen LogP contribution is -2.52. The van der Waals surface area contributed by atoms with Crippen LogP contribution >= 0.6 is 0 Å². The normalized spacial score (nSPS) is 14.6. The summed E-state index contributed by atoms with van der Waals surface area (Å²) in [6.07, 6.45) is -0.903. The first kappa shape index (κ1) is 34.3. The largest absolute Gasteiger partial charge is 0.453 e. The molecule has 4 rings (SSSR count). The van der Waals surface area contributed by atoms with E-state index in [1.165, 1.54) is 62.6 Å². The third kappa shape index (κ3) is 9.24. The summed E-state index contributed by atoms with van der Waals surface area (Å²) in [6, 6.07) is 17.4. The number of carbonyl (C=O) groups is 3. The Morgan fingerprint density at radius 3 is 2.04 bits per heavy atom.